The average molecular weight is 253 g/mol. The predicted octanol–water partition coefficient (Wildman–Crippen LogP) is 1.60. The van der Waals surface area contributed by atoms with Crippen LogP contribution in [0.15, 0.2) is 0 Å². The summed E-state index contributed by atoms with van der Waals surface area (Å²) in [4.78, 5) is 0. The molecule has 0 aromatic carbocycles. The van der Waals surface area contributed by atoms with Gasteiger partial charge in [0.05, 0.1) is 11.5 Å². The Kier molecular flexibility index (Phi) is 2.03. The lowest BCUT2D eigenvalue weighted by atomic mass is 9.91. The van der Waals surface area contributed by atoms with E-state index in [9.17, 15) is 8.42 Å². The van der Waals surface area contributed by atoms with Gasteiger partial charge in [-0.3, -0.25) is 0 Å². The highest BCUT2D eigenvalue weighted by Gasteiger charge is 2.51. The molecule has 2 rings (SSSR count). The van der Waals surface area contributed by atoms with E-state index in [-0.39, 0.29) is 0 Å². The third kappa shape index (κ3) is 1.43. The van der Waals surface area contributed by atoms with E-state index in [1.165, 1.54) is 12.8 Å². The Bertz CT molecular complexity index is 279. The predicted molar refractivity (Wildman–Crippen MR) is 52.2 cm³/mol. The van der Waals surface area contributed by atoms with Crippen molar-refractivity contribution in [1.29, 1.82) is 0 Å². The maximum Gasteiger partial charge on any atom is 0.150 e. The fraction of sp³-hybridized carbons (Fsp3) is 1.00. The molecule has 1 atom stereocenters. The van der Waals surface area contributed by atoms with Crippen molar-refractivity contribution in [2.75, 3.05) is 16.8 Å². The summed E-state index contributed by atoms with van der Waals surface area (Å²) < 4.78 is 22.4. The maximum atomic E-state index is 11.2. The molecule has 2 nitrogen and oxygen atoms in total. The first-order chi connectivity index (χ1) is 5.58. The molecule has 1 saturated heterocycles. The quantitative estimate of drug-likeness (QED) is 0.700. The topological polar surface area (TPSA) is 34.1 Å². The third-order valence-corrected chi connectivity index (χ3v) is 6.14. The molecule has 2 fully saturated rings. The summed E-state index contributed by atoms with van der Waals surface area (Å²) >= 11 is 3.49. The summed E-state index contributed by atoms with van der Waals surface area (Å²) in [6.45, 7) is 0. The summed E-state index contributed by atoms with van der Waals surface area (Å²) in [5.74, 6) is 1.31. The van der Waals surface area contributed by atoms with Crippen LogP contribution in [-0.4, -0.2) is 25.3 Å². The Morgan fingerprint density at radius 2 is 2.08 bits per heavy atom. The van der Waals surface area contributed by atoms with Crippen molar-refractivity contribution in [2.45, 2.75) is 19.3 Å². The van der Waals surface area contributed by atoms with Gasteiger partial charge in [0.25, 0.3) is 0 Å². The zero-order chi connectivity index (χ0) is 8.82. The van der Waals surface area contributed by atoms with Crippen molar-refractivity contribution in [3.63, 3.8) is 0 Å². The summed E-state index contributed by atoms with van der Waals surface area (Å²) in [5.41, 5.74) is 0.365. The summed E-state index contributed by atoms with van der Waals surface area (Å²) in [7, 11) is -2.67. The van der Waals surface area contributed by atoms with E-state index in [4.69, 9.17) is 0 Å². The Morgan fingerprint density at radius 3 is 2.42 bits per heavy atom. The van der Waals surface area contributed by atoms with Crippen molar-refractivity contribution in [1.82, 2.24) is 0 Å². The fourth-order valence-corrected chi connectivity index (χ4v) is 5.05. The van der Waals surface area contributed by atoms with Gasteiger partial charge in [0.15, 0.2) is 9.84 Å². The molecule has 12 heavy (non-hydrogen) atoms. The van der Waals surface area contributed by atoms with E-state index in [0.717, 1.165) is 11.8 Å². The Labute approximate surface area is 81.8 Å². The van der Waals surface area contributed by atoms with Gasteiger partial charge >= 0.3 is 0 Å². The van der Waals surface area contributed by atoms with Gasteiger partial charge in [0.2, 0.25) is 0 Å². The van der Waals surface area contributed by atoms with Gasteiger partial charge in [-0.15, -0.1) is 0 Å². The van der Waals surface area contributed by atoms with Crippen molar-refractivity contribution in [3.05, 3.63) is 0 Å². The van der Waals surface area contributed by atoms with Crippen LogP contribution >= 0.6 is 15.9 Å². The second-order valence-electron chi connectivity index (χ2n) is 4.10. The van der Waals surface area contributed by atoms with E-state index >= 15 is 0 Å². The first-order valence-corrected chi connectivity index (χ1v) is 7.29. The summed E-state index contributed by atoms with van der Waals surface area (Å²) in [6.07, 6.45) is 3.34. The van der Waals surface area contributed by atoms with Crippen LogP contribution in [0.3, 0.4) is 0 Å². The smallest absolute Gasteiger partial charge is 0.150 e. The molecule has 1 aliphatic heterocycles. The molecule has 0 radical (unpaired) electrons. The van der Waals surface area contributed by atoms with Gasteiger partial charge in [0.1, 0.15) is 0 Å². The molecule has 0 aromatic rings. The highest BCUT2D eigenvalue weighted by molar-refractivity contribution is 9.09. The van der Waals surface area contributed by atoms with Crippen LogP contribution < -0.4 is 0 Å². The molecule has 0 spiro atoms. The molecule has 1 heterocycles. The fourth-order valence-electron chi connectivity index (χ4n) is 2.09. The van der Waals surface area contributed by atoms with Crippen LogP contribution in [0.1, 0.15) is 19.3 Å². The van der Waals surface area contributed by atoms with Crippen molar-refractivity contribution in [3.8, 4) is 0 Å². The minimum Gasteiger partial charge on any atom is -0.229 e. The standard InChI is InChI=1S/C8H13BrO2S/c9-6-8(2-3-8)7-1-4-12(10,11)5-7/h7H,1-6H2. The van der Waals surface area contributed by atoms with Crippen LogP contribution in [0.5, 0.6) is 0 Å². The van der Waals surface area contributed by atoms with Crippen molar-refractivity contribution in [2.24, 2.45) is 11.3 Å². The zero-order valence-electron chi connectivity index (χ0n) is 6.92. The van der Waals surface area contributed by atoms with Crippen molar-refractivity contribution < 1.29 is 8.42 Å². The lowest BCUT2D eigenvalue weighted by Crippen LogP contribution is -2.18. The number of sulfone groups is 1. The van der Waals surface area contributed by atoms with E-state index in [1.54, 1.807) is 0 Å². The molecule has 4 heteroatoms. The zero-order valence-corrected chi connectivity index (χ0v) is 9.33. The van der Waals surface area contributed by atoms with Crippen molar-refractivity contribution >= 4 is 25.8 Å². The Balaban J connectivity index is 2.09. The van der Waals surface area contributed by atoms with Crippen LogP contribution in [0.2, 0.25) is 0 Å². The highest BCUT2D eigenvalue weighted by atomic mass is 79.9. The monoisotopic (exact) mass is 252 g/mol. The molecule has 0 bridgehead atoms. The molecule has 2 aliphatic rings. The number of hydrogen-bond donors (Lipinski definition) is 0. The largest absolute Gasteiger partial charge is 0.229 e. The maximum absolute atomic E-state index is 11.2. The van der Waals surface area contributed by atoms with Crippen LogP contribution in [-0.2, 0) is 9.84 Å². The van der Waals surface area contributed by atoms with Gasteiger partial charge in [-0.2, -0.15) is 0 Å². The van der Waals surface area contributed by atoms with Crippen LogP contribution in [0.4, 0.5) is 0 Å². The van der Waals surface area contributed by atoms with E-state index in [1.807, 2.05) is 0 Å². The van der Waals surface area contributed by atoms with Gasteiger partial charge in [-0.25, -0.2) is 8.42 Å². The summed E-state index contributed by atoms with van der Waals surface area (Å²) in [6, 6.07) is 0. The SMILES string of the molecule is O=S1(=O)CCC(C2(CBr)CC2)C1. The Hall–Kier alpha value is 0.430. The lowest BCUT2D eigenvalue weighted by Gasteiger charge is -2.17. The summed E-state index contributed by atoms with van der Waals surface area (Å²) in [5, 5.41) is 0.986. The number of rotatable bonds is 2. The number of hydrogen-bond acceptors (Lipinski definition) is 2. The normalized spacial score (nSPS) is 36.6. The van der Waals surface area contributed by atoms with Gasteiger partial charge in [-0.05, 0) is 30.6 Å². The molecule has 0 aromatic heterocycles. The lowest BCUT2D eigenvalue weighted by molar-refractivity contribution is 0.382. The minimum absolute atomic E-state index is 0.365. The molecule has 0 N–H and O–H groups in total. The van der Waals surface area contributed by atoms with Gasteiger partial charge in [0, 0.05) is 5.33 Å². The average Bonchev–Trinajstić information content (AvgIpc) is 2.72. The highest BCUT2D eigenvalue weighted by Crippen LogP contribution is 2.56. The molecule has 1 saturated carbocycles. The second-order valence-corrected chi connectivity index (χ2v) is 6.89. The van der Waals surface area contributed by atoms with E-state index in [0.29, 0.717) is 22.8 Å². The Morgan fingerprint density at radius 1 is 1.42 bits per heavy atom. The first-order valence-electron chi connectivity index (χ1n) is 4.34. The molecular weight excluding hydrogens is 240 g/mol. The molecule has 1 unspecified atom stereocenters. The minimum atomic E-state index is -2.67. The number of alkyl halides is 1. The second kappa shape index (κ2) is 2.71. The van der Waals surface area contributed by atoms with E-state index < -0.39 is 9.84 Å². The van der Waals surface area contributed by atoms with Crippen LogP contribution in [0, 0.1) is 11.3 Å². The van der Waals surface area contributed by atoms with Crippen LogP contribution in [0.25, 0.3) is 0 Å². The van der Waals surface area contributed by atoms with Gasteiger partial charge < -0.3 is 0 Å². The van der Waals surface area contributed by atoms with E-state index in [2.05, 4.69) is 15.9 Å². The third-order valence-electron chi connectivity index (χ3n) is 3.26. The number of halogens is 1. The van der Waals surface area contributed by atoms with Gasteiger partial charge in [-0.1, -0.05) is 15.9 Å². The molecule has 1 aliphatic carbocycles. The molecule has 70 valence electrons. The molecular formula is C8H13BrO2S. The first kappa shape index (κ1) is 9.00. The molecule has 0 amide bonds.